The van der Waals surface area contributed by atoms with E-state index >= 15 is 0 Å². The maximum absolute atomic E-state index is 12.1. The van der Waals surface area contributed by atoms with Crippen molar-refractivity contribution in [3.8, 4) is 0 Å². The van der Waals surface area contributed by atoms with E-state index in [0.717, 1.165) is 6.42 Å². The highest BCUT2D eigenvalue weighted by atomic mass is 19.1. The van der Waals surface area contributed by atoms with Gasteiger partial charge in [-0.25, -0.2) is 4.39 Å². The first-order valence-corrected chi connectivity index (χ1v) is 3.41. The second kappa shape index (κ2) is 4.74. The number of hydrogen-bond acceptors (Lipinski definition) is 1. The van der Waals surface area contributed by atoms with Gasteiger partial charge in [-0.05, 0) is 25.7 Å². The molecule has 0 aromatic rings. The van der Waals surface area contributed by atoms with Gasteiger partial charge in [-0.15, -0.1) is 0 Å². The Morgan fingerprint density at radius 1 is 1.33 bits per heavy atom. The van der Waals surface area contributed by atoms with E-state index in [1.165, 1.54) is 0 Å². The number of alkyl halides is 1. The Kier molecular flexibility index (Phi) is 4.68. The summed E-state index contributed by atoms with van der Waals surface area (Å²) < 4.78 is 12.1. The summed E-state index contributed by atoms with van der Waals surface area (Å²) in [6, 6.07) is 0. The molecule has 0 aliphatic carbocycles. The second-order valence-electron chi connectivity index (χ2n) is 2.65. The van der Waals surface area contributed by atoms with Gasteiger partial charge >= 0.3 is 0 Å². The monoisotopic (exact) mass is 134 g/mol. The molecule has 1 nitrogen and oxygen atoms in total. The van der Waals surface area contributed by atoms with Gasteiger partial charge in [-0.2, -0.15) is 0 Å². The summed E-state index contributed by atoms with van der Waals surface area (Å²) in [4.78, 5) is 0. The van der Waals surface area contributed by atoms with Crippen LogP contribution < -0.4 is 0 Å². The van der Waals surface area contributed by atoms with E-state index < -0.39 is 6.17 Å². The van der Waals surface area contributed by atoms with Crippen molar-refractivity contribution in [2.75, 3.05) is 6.61 Å². The van der Waals surface area contributed by atoms with Crippen LogP contribution in [0.1, 0.15) is 26.7 Å². The number of rotatable bonds is 4. The van der Waals surface area contributed by atoms with E-state index in [-0.39, 0.29) is 12.5 Å². The lowest BCUT2D eigenvalue weighted by molar-refractivity contribution is 0.215. The Balaban J connectivity index is 3.06. The topological polar surface area (TPSA) is 20.2 Å². The third kappa shape index (κ3) is 5.77. The van der Waals surface area contributed by atoms with Crippen molar-refractivity contribution in [2.45, 2.75) is 32.9 Å². The van der Waals surface area contributed by atoms with Crippen molar-refractivity contribution in [3.63, 3.8) is 0 Å². The molecule has 2 heteroatoms. The Bertz CT molecular complexity index is 63.9. The SMILES string of the molecule is CC(F)CCC(C)CO. The van der Waals surface area contributed by atoms with Crippen LogP contribution in [-0.2, 0) is 0 Å². The number of aliphatic hydroxyl groups excluding tert-OH is 1. The van der Waals surface area contributed by atoms with Crippen LogP contribution in [0, 0.1) is 5.92 Å². The van der Waals surface area contributed by atoms with Gasteiger partial charge < -0.3 is 5.11 Å². The van der Waals surface area contributed by atoms with Gasteiger partial charge in [0.2, 0.25) is 0 Å². The molecule has 9 heavy (non-hydrogen) atoms. The zero-order chi connectivity index (χ0) is 7.28. The standard InChI is InChI=1S/C7H15FO/c1-6(5-9)3-4-7(2)8/h6-7,9H,3-5H2,1-2H3. The van der Waals surface area contributed by atoms with Crippen LogP contribution in [0.2, 0.25) is 0 Å². The molecule has 0 aromatic heterocycles. The highest BCUT2D eigenvalue weighted by Gasteiger charge is 2.02. The minimum Gasteiger partial charge on any atom is -0.396 e. The van der Waals surface area contributed by atoms with E-state index in [2.05, 4.69) is 0 Å². The summed E-state index contributed by atoms with van der Waals surface area (Å²) in [6.07, 6.45) is 0.634. The van der Waals surface area contributed by atoms with Crippen LogP contribution in [0.15, 0.2) is 0 Å². The Morgan fingerprint density at radius 3 is 2.22 bits per heavy atom. The Hall–Kier alpha value is -0.110. The maximum Gasteiger partial charge on any atom is 0.0973 e. The summed E-state index contributed by atoms with van der Waals surface area (Å²) in [5.41, 5.74) is 0. The van der Waals surface area contributed by atoms with E-state index in [0.29, 0.717) is 6.42 Å². The van der Waals surface area contributed by atoms with Crippen molar-refractivity contribution in [3.05, 3.63) is 0 Å². The lowest BCUT2D eigenvalue weighted by Gasteiger charge is -2.06. The fourth-order valence-electron chi connectivity index (χ4n) is 0.605. The minimum atomic E-state index is -0.723. The zero-order valence-corrected chi connectivity index (χ0v) is 6.10. The Morgan fingerprint density at radius 2 is 1.89 bits per heavy atom. The molecule has 0 aliphatic heterocycles. The molecule has 0 bridgehead atoms. The molecule has 56 valence electrons. The van der Waals surface area contributed by atoms with Gasteiger partial charge in [0.25, 0.3) is 0 Å². The van der Waals surface area contributed by atoms with E-state index in [4.69, 9.17) is 5.11 Å². The van der Waals surface area contributed by atoms with Crippen molar-refractivity contribution in [1.29, 1.82) is 0 Å². The van der Waals surface area contributed by atoms with Crippen molar-refractivity contribution >= 4 is 0 Å². The summed E-state index contributed by atoms with van der Waals surface area (Å²) in [5.74, 6) is 0.253. The van der Waals surface area contributed by atoms with Gasteiger partial charge in [-0.1, -0.05) is 6.92 Å². The molecule has 0 aliphatic rings. The molecule has 0 amide bonds. The third-order valence-corrected chi connectivity index (χ3v) is 1.37. The van der Waals surface area contributed by atoms with Crippen LogP contribution in [-0.4, -0.2) is 17.9 Å². The molecule has 0 saturated carbocycles. The molecule has 2 atom stereocenters. The number of hydrogen-bond donors (Lipinski definition) is 1. The predicted molar refractivity (Wildman–Crippen MR) is 36.1 cm³/mol. The van der Waals surface area contributed by atoms with Gasteiger partial charge in [-0.3, -0.25) is 0 Å². The minimum absolute atomic E-state index is 0.173. The molecular weight excluding hydrogens is 119 g/mol. The van der Waals surface area contributed by atoms with Gasteiger partial charge in [0, 0.05) is 6.61 Å². The molecular formula is C7H15FO. The fraction of sp³-hybridized carbons (Fsp3) is 1.00. The molecule has 0 radical (unpaired) electrons. The molecule has 2 unspecified atom stereocenters. The second-order valence-corrected chi connectivity index (χ2v) is 2.65. The van der Waals surface area contributed by atoms with Crippen molar-refractivity contribution < 1.29 is 9.50 Å². The zero-order valence-electron chi connectivity index (χ0n) is 6.10. The highest BCUT2D eigenvalue weighted by molar-refractivity contribution is 4.53. The van der Waals surface area contributed by atoms with Crippen LogP contribution in [0.4, 0.5) is 4.39 Å². The van der Waals surface area contributed by atoms with Crippen molar-refractivity contribution in [2.24, 2.45) is 5.92 Å². The van der Waals surface area contributed by atoms with Crippen molar-refractivity contribution in [1.82, 2.24) is 0 Å². The number of aliphatic hydroxyl groups is 1. The molecule has 0 saturated heterocycles. The average Bonchev–Trinajstić information content (AvgIpc) is 1.83. The summed E-state index contributed by atoms with van der Waals surface area (Å²) in [7, 11) is 0. The Labute approximate surface area is 55.9 Å². The van der Waals surface area contributed by atoms with Crippen LogP contribution in [0.25, 0.3) is 0 Å². The molecule has 1 N–H and O–H groups in total. The first kappa shape index (κ1) is 8.89. The number of halogens is 1. The van der Waals surface area contributed by atoms with Gasteiger partial charge in [0.05, 0.1) is 6.17 Å². The smallest absolute Gasteiger partial charge is 0.0973 e. The third-order valence-electron chi connectivity index (χ3n) is 1.37. The molecule has 0 aromatic carbocycles. The molecule has 0 spiro atoms. The van der Waals surface area contributed by atoms with Crippen LogP contribution in [0.5, 0.6) is 0 Å². The predicted octanol–water partition coefficient (Wildman–Crippen LogP) is 1.75. The van der Waals surface area contributed by atoms with Gasteiger partial charge in [0.1, 0.15) is 0 Å². The average molecular weight is 134 g/mol. The largest absolute Gasteiger partial charge is 0.396 e. The molecule has 0 heterocycles. The van der Waals surface area contributed by atoms with E-state index in [1.54, 1.807) is 6.92 Å². The van der Waals surface area contributed by atoms with Gasteiger partial charge in [0.15, 0.2) is 0 Å². The maximum atomic E-state index is 12.1. The summed E-state index contributed by atoms with van der Waals surface area (Å²) in [6.45, 7) is 3.64. The normalized spacial score (nSPS) is 17.3. The van der Waals surface area contributed by atoms with Crippen LogP contribution >= 0.6 is 0 Å². The summed E-state index contributed by atoms with van der Waals surface area (Å²) >= 11 is 0. The molecule has 0 rings (SSSR count). The quantitative estimate of drug-likeness (QED) is 0.621. The molecule has 0 fully saturated rings. The van der Waals surface area contributed by atoms with Crippen LogP contribution in [0.3, 0.4) is 0 Å². The lowest BCUT2D eigenvalue weighted by atomic mass is 10.1. The lowest BCUT2D eigenvalue weighted by Crippen LogP contribution is -2.03. The first-order chi connectivity index (χ1) is 4.16. The first-order valence-electron chi connectivity index (χ1n) is 3.41. The summed E-state index contributed by atoms with van der Waals surface area (Å²) in [5, 5.41) is 8.53. The fourth-order valence-corrected chi connectivity index (χ4v) is 0.605. The van der Waals surface area contributed by atoms with E-state index in [9.17, 15) is 4.39 Å². The highest BCUT2D eigenvalue weighted by Crippen LogP contribution is 2.08. The van der Waals surface area contributed by atoms with E-state index in [1.807, 2.05) is 6.92 Å².